The molecule has 1 fully saturated rings. The monoisotopic (exact) mass is 235 g/mol. The topological polar surface area (TPSA) is 21.3 Å². The Morgan fingerprint density at radius 3 is 2.50 bits per heavy atom. The first kappa shape index (κ1) is 13.8. The van der Waals surface area contributed by atoms with E-state index in [2.05, 4.69) is 12.2 Å². The third-order valence-electron chi connectivity index (χ3n) is 3.40. The van der Waals surface area contributed by atoms with E-state index in [1.807, 2.05) is 6.92 Å². The maximum Gasteiger partial charge on any atom is 0.261 e. The average Bonchev–Trinajstić information content (AvgIpc) is 2.27. The highest BCUT2D eigenvalue weighted by atomic mass is 19.3. The summed E-state index contributed by atoms with van der Waals surface area (Å²) in [7, 11) is 0. The van der Waals surface area contributed by atoms with Crippen molar-refractivity contribution in [3.8, 4) is 0 Å². The largest absolute Gasteiger partial charge is 0.368 e. The number of likely N-dealkylation sites (N-methyl/N-ethyl adjacent to an activating group) is 1. The molecule has 2 nitrogen and oxygen atoms in total. The van der Waals surface area contributed by atoms with E-state index in [0.29, 0.717) is 12.5 Å². The Morgan fingerprint density at radius 1 is 1.38 bits per heavy atom. The van der Waals surface area contributed by atoms with Crippen LogP contribution in [0, 0.1) is 5.92 Å². The lowest BCUT2D eigenvalue weighted by Crippen LogP contribution is -2.46. The summed E-state index contributed by atoms with van der Waals surface area (Å²) in [6.07, 6.45) is 1.59. The summed E-state index contributed by atoms with van der Waals surface area (Å²) >= 11 is 0. The van der Waals surface area contributed by atoms with Crippen LogP contribution in [0.15, 0.2) is 0 Å². The zero-order valence-corrected chi connectivity index (χ0v) is 10.3. The fourth-order valence-electron chi connectivity index (χ4n) is 2.25. The number of rotatable bonds is 6. The van der Waals surface area contributed by atoms with Gasteiger partial charge in [-0.3, -0.25) is 0 Å². The van der Waals surface area contributed by atoms with Crippen LogP contribution in [0.2, 0.25) is 0 Å². The molecule has 0 aliphatic heterocycles. The molecule has 0 unspecified atom stereocenters. The molecule has 1 rings (SSSR count). The van der Waals surface area contributed by atoms with Gasteiger partial charge in [0.2, 0.25) is 0 Å². The van der Waals surface area contributed by atoms with E-state index in [9.17, 15) is 8.78 Å². The fraction of sp³-hybridized carbons (Fsp3) is 1.00. The maximum atomic E-state index is 12.2. The highest BCUT2D eigenvalue weighted by molar-refractivity contribution is 4.88. The van der Waals surface area contributed by atoms with E-state index in [4.69, 9.17) is 4.74 Å². The van der Waals surface area contributed by atoms with Gasteiger partial charge in [0, 0.05) is 6.54 Å². The van der Waals surface area contributed by atoms with Gasteiger partial charge in [-0.05, 0) is 38.1 Å². The van der Waals surface area contributed by atoms with Gasteiger partial charge >= 0.3 is 0 Å². The Morgan fingerprint density at radius 2 is 2.00 bits per heavy atom. The first-order valence-corrected chi connectivity index (χ1v) is 6.21. The Labute approximate surface area is 96.7 Å². The zero-order chi connectivity index (χ0) is 12.0. The quantitative estimate of drug-likeness (QED) is 0.764. The summed E-state index contributed by atoms with van der Waals surface area (Å²) in [5.74, 6) is 0.699. The van der Waals surface area contributed by atoms with Crippen LogP contribution in [0.4, 0.5) is 8.78 Å². The van der Waals surface area contributed by atoms with Crippen LogP contribution >= 0.6 is 0 Å². The summed E-state index contributed by atoms with van der Waals surface area (Å²) in [5.41, 5.74) is -0.348. The van der Waals surface area contributed by atoms with Crippen LogP contribution < -0.4 is 5.32 Å². The smallest absolute Gasteiger partial charge is 0.261 e. The molecule has 0 heterocycles. The van der Waals surface area contributed by atoms with Gasteiger partial charge in [-0.1, -0.05) is 13.8 Å². The van der Waals surface area contributed by atoms with Crippen LogP contribution in [-0.2, 0) is 4.74 Å². The second-order valence-electron chi connectivity index (χ2n) is 4.85. The van der Waals surface area contributed by atoms with Crippen LogP contribution in [0.1, 0.15) is 39.5 Å². The molecular weight excluding hydrogens is 212 g/mol. The van der Waals surface area contributed by atoms with Crippen molar-refractivity contribution in [2.24, 2.45) is 5.92 Å². The average molecular weight is 235 g/mol. The number of hydrogen-bond donors (Lipinski definition) is 1. The second kappa shape index (κ2) is 6.50. The first-order chi connectivity index (χ1) is 7.58. The molecule has 0 bridgehead atoms. The molecule has 0 aromatic rings. The molecule has 0 saturated heterocycles. The zero-order valence-electron chi connectivity index (χ0n) is 10.3. The minimum atomic E-state index is -2.36. The standard InChI is InChI=1S/C12H23F2NO/c1-3-15-9-12(16-8-11(13)14)6-4-10(2)5-7-12/h10-11,15H,3-9H2,1-2H3. The molecular formula is C12H23F2NO. The molecule has 0 aromatic heterocycles. The molecule has 16 heavy (non-hydrogen) atoms. The Kier molecular flexibility index (Phi) is 5.62. The second-order valence-corrected chi connectivity index (χ2v) is 4.85. The molecule has 96 valence electrons. The van der Waals surface area contributed by atoms with Crippen molar-refractivity contribution in [2.75, 3.05) is 19.7 Å². The van der Waals surface area contributed by atoms with Crippen LogP contribution in [0.25, 0.3) is 0 Å². The van der Waals surface area contributed by atoms with Gasteiger partial charge in [0.25, 0.3) is 6.43 Å². The molecule has 0 spiro atoms. The number of alkyl halides is 2. The summed E-state index contributed by atoms with van der Waals surface area (Å²) in [4.78, 5) is 0. The van der Waals surface area contributed by atoms with Crippen molar-refractivity contribution in [3.05, 3.63) is 0 Å². The maximum absolute atomic E-state index is 12.2. The van der Waals surface area contributed by atoms with Gasteiger partial charge in [0.05, 0.1) is 5.60 Å². The van der Waals surface area contributed by atoms with Crippen LogP contribution in [-0.4, -0.2) is 31.7 Å². The van der Waals surface area contributed by atoms with Crippen molar-refractivity contribution in [1.29, 1.82) is 0 Å². The van der Waals surface area contributed by atoms with E-state index in [-0.39, 0.29) is 5.60 Å². The number of hydrogen-bond acceptors (Lipinski definition) is 2. The van der Waals surface area contributed by atoms with Crippen LogP contribution in [0.5, 0.6) is 0 Å². The highest BCUT2D eigenvalue weighted by Crippen LogP contribution is 2.34. The third-order valence-corrected chi connectivity index (χ3v) is 3.40. The van der Waals surface area contributed by atoms with Crippen molar-refractivity contribution in [3.63, 3.8) is 0 Å². The number of ether oxygens (including phenoxy) is 1. The molecule has 1 aliphatic carbocycles. The fourth-order valence-corrected chi connectivity index (χ4v) is 2.25. The number of nitrogens with one attached hydrogen (secondary N) is 1. The Hall–Kier alpha value is -0.220. The van der Waals surface area contributed by atoms with Crippen LogP contribution in [0.3, 0.4) is 0 Å². The van der Waals surface area contributed by atoms with E-state index < -0.39 is 13.0 Å². The number of halogens is 2. The molecule has 0 amide bonds. The van der Waals surface area contributed by atoms with Crippen molar-refractivity contribution >= 4 is 0 Å². The molecule has 1 N–H and O–H groups in total. The van der Waals surface area contributed by atoms with E-state index in [0.717, 1.165) is 32.2 Å². The Balaban J connectivity index is 2.47. The van der Waals surface area contributed by atoms with E-state index in [1.54, 1.807) is 0 Å². The lowest BCUT2D eigenvalue weighted by Gasteiger charge is -2.39. The molecule has 0 atom stereocenters. The summed E-state index contributed by atoms with van der Waals surface area (Å²) < 4.78 is 29.9. The molecule has 1 aliphatic rings. The van der Waals surface area contributed by atoms with Gasteiger partial charge < -0.3 is 10.1 Å². The lowest BCUT2D eigenvalue weighted by atomic mass is 9.79. The molecule has 0 radical (unpaired) electrons. The van der Waals surface area contributed by atoms with E-state index >= 15 is 0 Å². The molecule has 0 aromatic carbocycles. The van der Waals surface area contributed by atoms with Crippen molar-refractivity contribution < 1.29 is 13.5 Å². The minimum absolute atomic E-state index is 0.348. The van der Waals surface area contributed by atoms with Gasteiger partial charge in [-0.25, -0.2) is 8.78 Å². The van der Waals surface area contributed by atoms with Crippen molar-refractivity contribution in [1.82, 2.24) is 5.32 Å². The van der Waals surface area contributed by atoms with Gasteiger partial charge in [-0.2, -0.15) is 0 Å². The Bertz CT molecular complexity index is 186. The third kappa shape index (κ3) is 4.34. The summed E-state index contributed by atoms with van der Waals surface area (Å²) in [6.45, 7) is 5.36. The SMILES string of the molecule is CCNCC1(OCC(F)F)CCC(C)CC1. The van der Waals surface area contributed by atoms with E-state index in [1.165, 1.54) is 0 Å². The molecule has 1 saturated carbocycles. The van der Waals surface area contributed by atoms with Gasteiger partial charge in [0.15, 0.2) is 0 Å². The van der Waals surface area contributed by atoms with Gasteiger partial charge in [0.1, 0.15) is 6.61 Å². The predicted octanol–water partition coefficient (Wildman–Crippen LogP) is 2.83. The normalized spacial score (nSPS) is 30.9. The lowest BCUT2D eigenvalue weighted by molar-refractivity contribution is -0.109. The van der Waals surface area contributed by atoms with Crippen molar-refractivity contribution in [2.45, 2.75) is 51.6 Å². The highest BCUT2D eigenvalue weighted by Gasteiger charge is 2.35. The first-order valence-electron chi connectivity index (χ1n) is 6.21. The summed E-state index contributed by atoms with van der Waals surface area (Å²) in [5, 5.41) is 3.23. The van der Waals surface area contributed by atoms with Gasteiger partial charge in [-0.15, -0.1) is 0 Å². The predicted molar refractivity (Wildman–Crippen MR) is 60.9 cm³/mol. The summed E-state index contributed by atoms with van der Waals surface area (Å²) in [6, 6.07) is 0. The minimum Gasteiger partial charge on any atom is -0.368 e. The molecule has 4 heteroatoms.